The van der Waals surface area contributed by atoms with Gasteiger partial charge in [-0.2, -0.15) is 8.78 Å². The summed E-state index contributed by atoms with van der Waals surface area (Å²) < 4.78 is 58.9. The highest BCUT2D eigenvalue weighted by atomic mass is 35.5. The molecule has 9 heteroatoms. The normalized spacial score (nSPS) is 15.5. The van der Waals surface area contributed by atoms with E-state index in [9.17, 15) is 17.6 Å². The fourth-order valence-corrected chi connectivity index (χ4v) is 1.91. The van der Waals surface area contributed by atoms with Crippen molar-refractivity contribution in [2.75, 3.05) is 13.2 Å². The summed E-state index contributed by atoms with van der Waals surface area (Å²) in [5.41, 5.74) is 1.31. The van der Waals surface area contributed by atoms with Crippen molar-refractivity contribution < 1.29 is 27.0 Å². The minimum atomic E-state index is -4.19. The molecule has 0 aromatic carbocycles. The molecule has 1 aliphatic heterocycles. The molecule has 0 unspecified atom stereocenters. The summed E-state index contributed by atoms with van der Waals surface area (Å²) in [7, 11) is 0. The predicted molar refractivity (Wildman–Crippen MR) is 61.0 cm³/mol. The van der Waals surface area contributed by atoms with E-state index >= 15 is 0 Å². The van der Waals surface area contributed by atoms with Crippen LogP contribution in [0.5, 0.6) is 0 Å². The maximum atomic E-state index is 12.6. The smallest absolute Gasteiger partial charge is 0.330 e. The molecule has 1 aromatic rings. The van der Waals surface area contributed by atoms with Crippen LogP contribution in [0.15, 0.2) is 0 Å². The number of alkyl halides is 4. The standard InChI is InChI=1S/C11H11ClF4N2O2/c12-9-6-3-19-2-1-7(6)17-8(18-9)4-20-5-11(15,16)10(13)14/h10H,1-5H2. The molecule has 0 bridgehead atoms. The Bertz CT molecular complexity index is 488. The molecule has 4 nitrogen and oxygen atoms in total. The van der Waals surface area contributed by atoms with Crippen LogP contribution in [0.4, 0.5) is 17.6 Å². The Kier molecular flexibility index (Phi) is 4.77. The molecule has 0 amide bonds. The van der Waals surface area contributed by atoms with E-state index in [1.165, 1.54) is 0 Å². The van der Waals surface area contributed by atoms with Crippen LogP contribution in [0.1, 0.15) is 17.1 Å². The molecule has 0 radical (unpaired) electrons. The number of hydrogen-bond acceptors (Lipinski definition) is 4. The van der Waals surface area contributed by atoms with Crippen molar-refractivity contribution in [2.24, 2.45) is 0 Å². The first-order valence-corrected chi connectivity index (χ1v) is 6.13. The quantitative estimate of drug-likeness (QED) is 0.619. The fourth-order valence-electron chi connectivity index (χ4n) is 1.65. The second-order valence-electron chi connectivity index (χ2n) is 4.21. The van der Waals surface area contributed by atoms with Gasteiger partial charge in [0.1, 0.15) is 18.4 Å². The minimum absolute atomic E-state index is 0.0840. The van der Waals surface area contributed by atoms with Gasteiger partial charge in [0.25, 0.3) is 0 Å². The van der Waals surface area contributed by atoms with Crippen LogP contribution in [0.3, 0.4) is 0 Å². The summed E-state index contributed by atoms with van der Waals surface area (Å²) in [4.78, 5) is 7.97. The molecule has 2 rings (SSSR count). The lowest BCUT2D eigenvalue weighted by Gasteiger charge is -2.18. The van der Waals surface area contributed by atoms with Gasteiger partial charge < -0.3 is 9.47 Å². The number of aromatic nitrogens is 2. The third-order valence-electron chi connectivity index (χ3n) is 2.66. The Morgan fingerprint density at radius 3 is 2.80 bits per heavy atom. The molecule has 0 N–H and O–H groups in total. The Morgan fingerprint density at radius 1 is 1.35 bits per heavy atom. The highest BCUT2D eigenvalue weighted by molar-refractivity contribution is 6.30. The van der Waals surface area contributed by atoms with Crippen molar-refractivity contribution in [3.8, 4) is 0 Å². The first-order valence-electron chi connectivity index (χ1n) is 5.76. The van der Waals surface area contributed by atoms with Crippen molar-refractivity contribution in [3.05, 3.63) is 22.2 Å². The highest BCUT2D eigenvalue weighted by Crippen LogP contribution is 2.24. The average molecular weight is 315 g/mol. The van der Waals surface area contributed by atoms with E-state index in [0.29, 0.717) is 30.9 Å². The van der Waals surface area contributed by atoms with Crippen molar-refractivity contribution in [1.82, 2.24) is 9.97 Å². The highest BCUT2D eigenvalue weighted by Gasteiger charge is 2.41. The summed E-state index contributed by atoms with van der Waals surface area (Å²) in [6.45, 7) is -1.04. The van der Waals surface area contributed by atoms with E-state index in [2.05, 4.69) is 14.7 Å². The summed E-state index contributed by atoms with van der Waals surface area (Å²) >= 11 is 5.91. The lowest BCUT2D eigenvalue weighted by Crippen LogP contribution is -2.32. The summed E-state index contributed by atoms with van der Waals surface area (Å²) in [5, 5.41) is 0.161. The molecule has 0 fully saturated rings. The van der Waals surface area contributed by atoms with Crippen LogP contribution in [0.25, 0.3) is 0 Å². The van der Waals surface area contributed by atoms with Crippen molar-refractivity contribution in [3.63, 3.8) is 0 Å². The van der Waals surface area contributed by atoms with Gasteiger partial charge in [-0.05, 0) is 0 Å². The Morgan fingerprint density at radius 2 is 2.10 bits per heavy atom. The number of ether oxygens (including phenoxy) is 2. The Hall–Kier alpha value is -0.990. The molecule has 0 saturated heterocycles. The summed E-state index contributed by atoms with van der Waals surface area (Å²) in [6.07, 6.45) is -3.25. The molecular formula is C11H11ClF4N2O2. The molecule has 20 heavy (non-hydrogen) atoms. The van der Waals surface area contributed by atoms with Gasteiger partial charge in [0, 0.05) is 12.0 Å². The van der Waals surface area contributed by atoms with Crippen LogP contribution < -0.4 is 0 Å². The van der Waals surface area contributed by atoms with Crippen molar-refractivity contribution >= 4 is 11.6 Å². The van der Waals surface area contributed by atoms with Crippen molar-refractivity contribution in [1.29, 1.82) is 0 Å². The lowest BCUT2D eigenvalue weighted by atomic mass is 10.1. The van der Waals surface area contributed by atoms with Crippen LogP contribution in [0.2, 0.25) is 5.15 Å². The van der Waals surface area contributed by atoms with Gasteiger partial charge in [0.05, 0.1) is 18.9 Å². The molecule has 0 aliphatic carbocycles. The minimum Gasteiger partial charge on any atom is -0.376 e. The zero-order chi connectivity index (χ0) is 14.8. The van der Waals surface area contributed by atoms with E-state index in [0.717, 1.165) is 0 Å². The molecule has 1 aromatic heterocycles. The lowest BCUT2D eigenvalue weighted by molar-refractivity contribution is -0.168. The number of nitrogens with zero attached hydrogens (tertiary/aromatic N) is 2. The van der Waals surface area contributed by atoms with Crippen molar-refractivity contribution in [2.45, 2.75) is 32.0 Å². The van der Waals surface area contributed by atoms with Gasteiger partial charge in [0.2, 0.25) is 0 Å². The second-order valence-corrected chi connectivity index (χ2v) is 4.57. The third-order valence-corrected chi connectivity index (χ3v) is 2.98. The maximum absolute atomic E-state index is 12.6. The van der Waals surface area contributed by atoms with Crippen LogP contribution in [-0.4, -0.2) is 35.5 Å². The van der Waals surface area contributed by atoms with Gasteiger partial charge in [-0.15, -0.1) is 0 Å². The Labute approximate surface area is 117 Å². The Balaban J connectivity index is 1.99. The largest absolute Gasteiger partial charge is 0.376 e. The van der Waals surface area contributed by atoms with Gasteiger partial charge >= 0.3 is 12.3 Å². The molecule has 112 valence electrons. The predicted octanol–water partition coefficient (Wildman–Crippen LogP) is 2.62. The van der Waals surface area contributed by atoms with E-state index < -0.39 is 25.6 Å². The zero-order valence-corrected chi connectivity index (χ0v) is 11.0. The third kappa shape index (κ3) is 3.56. The maximum Gasteiger partial charge on any atom is 0.330 e. The number of halogens is 5. The van der Waals surface area contributed by atoms with E-state index in [1.807, 2.05) is 0 Å². The van der Waals surface area contributed by atoms with E-state index in [4.69, 9.17) is 16.3 Å². The molecule has 0 spiro atoms. The van der Waals surface area contributed by atoms with Gasteiger partial charge in [-0.25, -0.2) is 18.7 Å². The number of hydrogen-bond donors (Lipinski definition) is 0. The molecular weight excluding hydrogens is 304 g/mol. The number of rotatable bonds is 5. The first kappa shape index (κ1) is 15.4. The number of fused-ring (bicyclic) bond motifs is 1. The molecule has 2 heterocycles. The van der Waals surface area contributed by atoms with Gasteiger partial charge in [0.15, 0.2) is 5.82 Å². The average Bonchev–Trinajstić information content (AvgIpc) is 2.38. The molecule has 0 atom stereocenters. The van der Waals surface area contributed by atoms with Gasteiger partial charge in [-0.1, -0.05) is 11.6 Å². The summed E-state index contributed by atoms with van der Waals surface area (Å²) in [5.74, 6) is -4.10. The summed E-state index contributed by atoms with van der Waals surface area (Å²) in [6, 6.07) is 0. The van der Waals surface area contributed by atoms with E-state index in [-0.39, 0.29) is 11.0 Å². The molecule has 0 saturated carbocycles. The van der Waals surface area contributed by atoms with E-state index in [1.54, 1.807) is 0 Å². The van der Waals surface area contributed by atoms with Crippen LogP contribution in [-0.2, 0) is 29.1 Å². The topological polar surface area (TPSA) is 44.2 Å². The van der Waals surface area contributed by atoms with Crippen LogP contribution in [0, 0.1) is 0 Å². The molecule has 1 aliphatic rings. The monoisotopic (exact) mass is 314 g/mol. The fraction of sp³-hybridized carbons (Fsp3) is 0.636. The SMILES string of the molecule is FC(F)C(F)(F)COCc1nc(Cl)c2c(n1)CCOC2. The van der Waals surface area contributed by atoms with Crippen LogP contribution >= 0.6 is 11.6 Å². The first-order chi connectivity index (χ1) is 9.40. The van der Waals surface area contributed by atoms with Gasteiger partial charge in [-0.3, -0.25) is 0 Å². The zero-order valence-electron chi connectivity index (χ0n) is 10.2. The second kappa shape index (κ2) is 6.19.